The van der Waals surface area contributed by atoms with Crippen LogP contribution in [-0.4, -0.2) is 56.6 Å². The molecule has 0 saturated carbocycles. The van der Waals surface area contributed by atoms with E-state index >= 15 is 0 Å². The largest absolute Gasteiger partial charge is 0.548 e. The molecule has 12 heteroatoms. The maximum atomic E-state index is 12.6. The van der Waals surface area contributed by atoms with Crippen molar-refractivity contribution in [3.05, 3.63) is 35.2 Å². The molecule has 3 heterocycles. The predicted octanol–water partition coefficient (Wildman–Crippen LogP) is -3.79. The Morgan fingerprint density at radius 2 is 2.17 bits per heavy atom. The molecule has 0 aromatic carbocycles. The molecule has 0 aliphatic carbocycles. The van der Waals surface area contributed by atoms with Crippen molar-refractivity contribution >= 4 is 41.8 Å². The molecule has 2 amide bonds. The van der Waals surface area contributed by atoms with E-state index in [1.807, 2.05) is 0 Å². The maximum Gasteiger partial charge on any atom is 0.404 e. The third-order valence-corrected chi connectivity index (χ3v) is 6.19. The first-order valence-electron chi connectivity index (χ1n) is 8.54. The van der Waals surface area contributed by atoms with Gasteiger partial charge in [0.2, 0.25) is 0 Å². The van der Waals surface area contributed by atoms with Gasteiger partial charge in [0.1, 0.15) is 12.0 Å². The molecular weight excluding hydrogens is 400 g/mol. The fraction of sp³-hybridized carbons (Fsp3) is 0.353. The fourth-order valence-electron chi connectivity index (χ4n) is 3.30. The van der Waals surface area contributed by atoms with Crippen molar-refractivity contribution in [3.63, 3.8) is 0 Å². The van der Waals surface area contributed by atoms with Crippen LogP contribution in [0.5, 0.6) is 0 Å². The molecular formula is C17H20N6O5S. The van der Waals surface area contributed by atoms with Gasteiger partial charge in [-0.2, -0.15) is 0 Å². The summed E-state index contributed by atoms with van der Waals surface area (Å²) in [6.45, 7) is 1.70. The number of aromatic nitrogens is 1. The summed E-state index contributed by atoms with van der Waals surface area (Å²) in [5, 5.41) is 11.2. The Morgan fingerprint density at radius 1 is 1.45 bits per heavy atom. The molecule has 29 heavy (non-hydrogen) atoms. The number of thioether (sulfide) groups is 1. The van der Waals surface area contributed by atoms with E-state index in [-0.39, 0.29) is 12.6 Å². The Labute approximate surface area is 170 Å². The number of carbonyl (C=O) groups is 3. The van der Waals surface area contributed by atoms with Gasteiger partial charge in [0, 0.05) is 6.20 Å². The number of hydrogen-bond donors (Lipinski definition) is 4. The molecule has 2 saturated heterocycles. The number of nitrogens with two attached hydrogens (primary N) is 3. The number of pyridine rings is 1. The van der Waals surface area contributed by atoms with E-state index in [0.717, 1.165) is 5.56 Å². The summed E-state index contributed by atoms with van der Waals surface area (Å²) in [4.78, 5) is 43.5. The van der Waals surface area contributed by atoms with Crippen LogP contribution in [0.3, 0.4) is 0 Å². The summed E-state index contributed by atoms with van der Waals surface area (Å²) in [5.41, 5.74) is 17.5. The number of hydrogen-bond acceptors (Lipinski definition) is 7. The average molecular weight is 420 g/mol. The Hall–Kier alpha value is -3.28. The Balaban J connectivity index is 1.85. The van der Waals surface area contributed by atoms with E-state index in [4.69, 9.17) is 21.9 Å². The molecule has 1 unspecified atom stereocenters. The molecule has 1 aromatic rings. The van der Waals surface area contributed by atoms with Gasteiger partial charge < -0.3 is 25.3 Å². The number of amides is 2. The Bertz CT molecular complexity index is 931. The zero-order chi connectivity index (χ0) is 21.3. The summed E-state index contributed by atoms with van der Waals surface area (Å²) >= 11 is 1.20. The SMILES string of the molecule is C[C@@]1(COC(N)=O)SC2/C(=C\c3cc(C[NH+]=C(N)N)ccn3)C(=O)N2[C@H]1C(=O)[O-]. The molecule has 154 valence electrons. The number of rotatable bonds is 6. The van der Waals surface area contributed by atoms with Gasteiger partial charge in [-0.15, -0.1) is 11.8 Å². The molecule has 0 spiro atoms. The molecule has 7 N–H and O–H groups in total. The zero-order valence-electron chi connectivity index (χ0n) is 15.5. The number of carboxylic acid groups (broad SMARTS) is 1. The molecule has 0 radical (unpaired) electrons. The fourth-order valence-corrected chi connectivity index (χ4v) is 4.90. The Morgan fingerprint density at radius 3 is 2.79 bits per heavy atom. The van der Waals surface area contributed by atoms with Crippen LogP contribution in [0.1, 0.15) is 18.2 Å². The smallest absolute Gasteiger partial charge is 0.404 e. The Kier molecular flexibility index (Phi) is 5.38. The minimum Gasteiger partial charge on any atom is -0.548 e. The number of primary amides is 1. The van der Waals surface area contributed by atoms with E-state index in [2.05, 4.69) is 9.98 Å². The predicted molar refractivity (Wildman–Crippen MR) is 101 cm³/mol. The van der Waals surface area contributed by atoms with E-state index in [1.165, 1.54) is 16.7 Å². The zero-order valence-corrected chi connectivity index (χ0v) is 16.3. The summed E-state index contributed by atoms with van der Waals surface area (Å²) in [5.74, 6) is -1.78. The van der Waals surface area contributed by atoms with Gasteiger partial charge in [-0.1, -0.05) is 0 Å². The number of guanidine groups is 1. The van der Waals surface area contributed by atoms with Crippen LogP contribution >= 0.6 is 11.8 Å². The van der Waals surface area contributed by atoms with Crippen LogP contribution in [0.2, 0.25) is 0 Å². The van der Waals surface area contributed by atoms with Crippen molar-refractivity contribution in [2.45, 2.75) is 29.6 Å². The van der Waals surface area contributed by atoms with Crippen molar-refractivity contribution in [2.24, 2.45) is 17.2 Å². The second-order valence-electron chi connectivity index (χ2n) is 6.82. The third-order valence-electron chi connectivity index (χ3n) is 4.61. The molecule has 2 aliphatic heterocycles. The third kappa shape index (κ3) is 3.97. The lowest BCUT2D eigenvalue weighted by atomic mass is 9.94. The highest BCUT2D eigenvalue weighted by Crippen LogP contribution is 2.53. The van der Waals surface area contributed by atoms with Crippen molar-refractivity contribution in [3.8, 4) is 0 Å². The van der Waals surface area contributed by atoms with Crippen molar-refractivity contribution < 1.29 is 29.2 Å². The van der Waals surface area contributed by atoms with Gasteiger partial charge in [0.15, 0.2) is 0 Å². The summed E-state index contributed by atoms with van der Waals surface area (Å²) in [7, 11) is 0. The number of carbonyl (C=O) groups excluding carboxylic acids is 3. The molecule has 2 fully saturated rings. The first kappa shape index (κ1) is 20.5. The molecule has 1 aromatic heterocycles. The molecule has 2 aliphatic rings. The van der Waals surface area contributed by atoms with Crippen LogP contribution in [0.15, 0.2) is 23.9 Å². The summed E-state index contributed by atoms with van der Waals surface area (Å²) < 4.78 is 3.71. The van der Waals surface area contributed by atoms with Crippen LogP contribution in [0.25, 0.3) is 6.08 Å². The summed E-state index contributed by atoms with van der Waals surface area (Å²) in [6.07, 6.45) is 2.15. The van der Waals surface area contributed by atoms with E-state index in [1.54, 1.807) is 31.3 Å². The molecule has 3 rings (SSSR count). The van der Waals surface area contributed by atoms with Crippen molar-refractivity contribution in [1.82, 2.24) is 9.88 Å². The summed E-state index contributed by atoms with van der Waals surface area (Å²) in [6, 6.07) is 2.26. The van der Waals surface area contributed by atoms with Gasteiger partial charge in [-0.05, 0) is 30.7 Å². The number of nitrogens with one attached hydrogen (secondary N) is 1. The average Bonchev–Trinajstić information content (AvgIpc) is 2.94. The number of aliphatic carboxylic acids is 1. The maximum absolute atomic E-state index is 12.6. The quantitative estimate of drug-likeness (QED) is 0.155. The van der Waals surface area contributed by atoms with Crippen LogP contribution in [0.4, 0.5) is 4.79 Å². The molecule has 0 bridgehead atoms. The molecule has 11 nitrogen and oxygen atoms in total. The first-order chi connectivity index (χ1) is 13.6. The second-order valence-corrected chi connectivity index (χ2v) is 8.44. The van der Waals surface area contributed by atoms with E-state index in [0.29, 0.717) is 17.8 Å². The lowest BCUT2D eigenvalue weighted by molar-refractivity contribution is -0.477. The van der Waals surface area contributed by atoms with Gasteiger partial charge in [-0.3, -0.25) is 26.2 Å². The van der Waals surface area contributed by atoms with Crippen LogP contribution in [0, 0.1) is 0 Å². The first-order valence-corrected chi connectivity index (χ1v) is 9.42. The van der Waals surface area contributed by atoms with Crippen molar-refractivity contribution in [2.75, 3.05) is 6.61 Å². The van der Waals surface area contributed by atoms with Gasteiger partial charge >= 0.3 is 12.1 Å². The standard InChI is InChI=1S/C17H20N6O5S/c1-17(7-28-16(20)27)11(14(25)26)23-12(24)10(13(23)29-17)5-9-4-8(2-3-21-9)6-22-15(18)19/h2-5,11,13H,6-7H2,1H3,(H2,20,27)(H,25,26)(H4,18,19,22)/b10-5-/t11-,13?,17-/m0/s1. The number of nitrogens with zero attached hydrogens (tertiary/aromatic N) is 2. The highest BCUT2D eigenvalue weighted by molar-refractivity contribution is 8.02. The number of fused-ring (bicyclic) bond motifs is 1. The molecule has 3 atom stereocenters. The second kappa shape index (κ2) is 7.62. The van der Waals surface area contributed by atoms with Gasteiger partial charge in [-0.25, -0.2) is 4.79 Å². The van der Waals surface area contributed by atoms with Gasteiger partial charge in [0.25, 0.3) is 5.91 Å². The highest BCUT2D eigenvalue weighted by Gasteiger charge is 2.61. The van der Waals surface area contributed by atoms with Crippen LogP contribution < -0.4 is 27.3 Å². The van der Waals surface area contributed by atoms with E-state index < -0.39 is 34.1 Å². The van der Waals surface area contributed by atoms with Crippen molar-refractivity contribution in [1.29, 1.82) is 0 Å². The number of β-lactam (4-membered cyclic amide) rings is 1. The minimum atomic E-state index is -1.43. The normalized spacial score (nSPS) is 26.6. The number of carboxylic acids is 1. The minimum absolute atomic E-state index is 0.0830. The lowest BCUT2D eigenvalue weighted by Gasteiger charge is -2.41. The van der Waals surface area contributed by atoms with Gasteiger partial charge in [0.05, 0.1) is 34.6 Å². The number of ether oxygens (including phenoxy) is 1. The lowest BCUT2D eigenvalue weighted by Crippen LogP contribution is -2.76. The van der Waals surface area contributed by atoms with Crippen LogP contribution in [-0.2, 0) is 20.9 Å². The highest BCUT2D eigenvalue weighted by atomic mass is 32.2. The topological polar surface area (TPSA) is 192 Å². The monoisotopic (exact) mass is 420 g/mol. The van der Waals surface area contributed by atoms with E-state index in [9.17, 15) is 19.5 Å².